The van der Waals surface area contributed by atoms with Gasteiger partial charge in [0.2, 0.25) is 5.91 Å². The third kappa shape index (κ3) is 4.34. The molecule has 1 N–H and O–H groups in total. The highest BCUT2D eigenvalue weighted by Gasteiger charge is 2.43. The zero-order chi connectivity index (χ0) is 15.5. The molecule has 1 aliphatic carbocycles. The lowest BCUT2D eigenvalue weighted by Gasteiger charge is -2.33. The van der Waals surface area contributed by atoms with Gasteiger partial charge in [-0.05, 0) is 52.0 Å². The number of halogens is 3. The van der Waals surface area contributed by atoms with Crippen molar-refractivity contribution in [2.75, 3.05) is 19.6 Å². The molecule has 0 bridgehead atoms. The summed E-state index contributed by atoms with van der Waals surface area (Å²) in [6.45, 7) is 4.26. The Morgan fingerprint density at radius 3 is 2.33 bits per heavy atom. The monoisotopic (exact) mass is 306 g/mol. The Morgan fingerprint density at radius 2 is 1.86 bits per heavy atom. The molecule has 3 nitrogen and oxygen atoms in total. The van der Waals surface area contributed by atoms with Crippen LogP contribution in [0.1, 0.15) is 45.4 Å². The molecule has 2 rings (SSSR count). The van der Waals surface area contributed by atoms with E-state index in [1.807, 2.05) is 11.8 Å². The van der Waals surface area contributed by atoms with Gasteiger partial charge in [0.05, 0.1) is 5.92 Å². The normalized spacial score (nSPS) is 30.4. The molecule has 0 radical (unpaired) electrons. The minimum Gasteiger partial charge on any atom is -0.341 e. The van der Waals surface area contributed by atoms with E-state index < -0.39 is 12.1 Å². The number of hydrogen-bond donors (Lipinski definition) is 1. The maximum Gasteiger partial charge on any atom is 0.391 e. The molecule has 1 amide bonds. The zero-order valence-electron chi connectivity index (χ0n) is 12.6. The summed E-state index contributed by atoms with van der Waals surface area (Å²) in [6.07, 6.45) is -0.961. The van der Waals surface area contributed by atoms with Crippen molar-refractivity contribution >= 4 is 5.91 Å². The van der Waals surface area contributed by atoms with Crippen LogP contribution >= 0.6 is 0 Å². The minimum absolute atomic E-state index is 0.0480. The molecule has 2 aliphatic rings. The largest absolute Gasteiger partial charge is 0.391 e. The van der Waals surface area contributed by atoms with E-state index in [0.717, 1.165) is 19.4 Å². The first-order valence-corrected chi connectivity index (χ1v) is 8.00. The topological polar surface area (TPSA) is 32.3 Å². The summed E-state index contributed by atoms with van der Waals surface area (Å²) >= 11 is 0. The van der Waals surface area contributed by atoms with Crippen molar-refractivity contribution in [3.05, 3.63) is 0 Å². The Labute approximate surface area is 124 Å². The Kier molecular flexibility index (Phi) is 5.52. The number of amides is 1. The van der Waals surface area contributed by atoms with Crippen LogP contribution in [0.3, 0.4) is 0 Å². The summed E-state index contributed by atoms with van der Waals surface area (Å²) < 4.78 is 38.0. The van der Waals surface area contributed by atoms with E-state index in [9.17, 15) is 18.0 Å². The molecule has 1 atom stereocenters. The van der Waals surface area contributed by atoms with E-state index >= 15 is 0 Å². The predicted molar refractivity (Wildman–Crippen MR) is 74.8 cm³/mol. The maximum atomic E-state index is 12.7. The number of nitrogens with one attached hydrogen (secondary N) is 1. The van der Waals surface area contributed by atoms with Crippen LogP contribution in [0, 0.1) is 11.8 Å². The summed E-state index contributed by atoms with van der Waals surface area (Å²) in [5.41, 5.74) is 0. The Balaban J connectivity index is 1.84. The maximum absolute atomic E-state index is 12.7. The quantitative estimate of drug-likeness (QED) is 0.866. The molecule has 0 aromatic rings. The molecule has 0 aromatic heterocycles. The molecule has 1 saturated carbocycles. The number of likely N-dealkylation sites (N-methyl/N-ethyl adjacent to an activating group) is 1. The molecular formula is C15H25F3N2O. The summed E-state index contributed by atoms with van der Waals surface area (Å²) in [5.74, 6) is -1.38. The second-order valence-electron chi connectivity index (χ2n) is 6.26. The lowest BCUT2D eigenvalue weighted by atomic mass is 9.81. The summed E-state index contributed by atoms with van der Waals surface area (Å²) in [4.78, 5) is 14.3. The number of carbonyl (C=O) groups is 1. The van der Waals surface area contributed by atoms with E-state index in [-0.39, 0.29) is 24.7 Å². The van der Waals surface area contributed by atoms with Gasteiger partial charge >= 0.3 is 6.18 Å². The van der Waals surface area contributed by atoms with Gasteiger partial charge in [0.15, 0.2) is 0 Å². The molecule has 1 aliphatic heterocycles. The number of hydrogen-bond acceptors (Lipinski definition) is 2. The zero-order valence-corrected chi connectivity index (χ0v) is 12.6. The molecule has 21 heavy (non-hydrogen) atoms. The SMILES string of the molecule is CCN(CC1CCCN1)C(=O)C1CCC(C(F)(F)F)CC1. The third-order valence-corrected chi connectivity index (χ3v) is 4.84. The Bertz CT molecular complexity index is 345. The first-order valence-electron chi connectivity index (χ1n) is 8.00. The molecule has 0 spiro atoms. The van der Waals surface area contributed by atoms with Gasteiger partial charge in [0.1, 0.15) is 0 Å². The molecule has 2 fully saturated rings. The Morgan fingerprint density at radius 1 is 1.19 bits per heavy atom. The summed E-state index contributed by atoms with van der Waals surface area (Å²) in [5, 5.41) is 3.36. The van der Waals surface area contributed by atoms with Crippen molar-refractivity contribution < 1.29 is 18.0 Å². The van der Waals surface area contributed by atoms with Crippen LogP contribution in [0.4, 0.5) is 13.2 Å². The fourth-order valence-corrected chi connectivity index (χ4v) is 3.48. The lowest BCUT2D eigenvalue weighted by molar-refractivity contribution is -0.185. The number of nitrogens with zero attached hydrogens (tertiary/aromatic N) is 1. The number of rotatable bonds is 4. The van der Waals surface area contributed by atoms with Crippen molar-refractivity contribution in [1.29, 1.82) is 0 Å². The molecule has 1 saturated heterocycles. The molecule has 1 heterocycles. The van der Waals surface area contributed by atoms with E-state index in [1.165, 1.54) is 0 Å². The van der Waals surface area contributed by atoms with Gasteiger partial charge in [-0.1, -0.05) is 0 Å². The molecular weight excluding hydrogens is 281 g/mol. The van der Waals surface area contributed by atoms with Gasteiger partial charge < -0.3 is 10.2 Å². The van der Waals surface area contributed by atoms with Crippen LogP contribution in [0.2, 0.25) is 0 Å². The average molecular weight is 306 g/mol. The fourth-order valence-electron chi connectivity index (χ4n) is 3.48. The van der Waals surface area contributed by atoms with Crippen molar-refractivity contribution in [1.82, 2.24) is 10.2 Å². The highest BCUT2D eigenvalue weighted by atomic mass is 19.4. The van der Waals surface area contributed by atoms with Crippen LogP contribution in [0.15, 0.2) is 0 Å². The highest BCUT2D eigenvalue weighted by molar-refractivity contribution is 5.79. The van der Waals surface area contributed by atoms with E-state index in [4.69, 9.17) is 0 Å². The van der Waals surface area contributed by atoms with Crippen LogP contribution < -0.4 is 5.32 Å². The molecule has 122 valence electrons. The molecule has 0 aromatic carbocycles. The number of carbonyl (C=O) groups excluding carboxylic acids is 1. The predicted octanol–water partition coefficient (Wildman–Crippen LogP) is 2.96. The second kappa shape index (κ2) is 6.99. The second-order valence-corrected chi connectivity index (χ2v) is 6.26. The summed E-state index contributed by atoms with van der Waals surface area (Å²) in [7, 11) is 0. The highest BCUT2D eigenvalue weighted by Crippen LogP contribution is 2.39. The average Bonchev–Trinajstić information content (AvgIpc) is 2.96. The summed E-state index contributed by atoms with van der Waals surface area (Å²) in [6, 6.07) is 0.348. The van der Waals surface area contributed by atoms with E-state index in [1.54, 1.807) is 0 Å². The van der Waals surface area contributed by atoms with Gasteiger partial charge in [-0.2, -0.15) is 13.2 Å². The first-order chi connectivity index (χ1) is 9.91. The van der Waals surface area contributed by atoms with Crippen LogP contribution in [0.5, 0.6) is 0 Å². The smallest absolute Gasteiger partial charge is 0.341 e. The third-order valence-electron chi connectivity index (χ3n) is 4.84. The van der Waals surface area contributed by atoms with Gasteiger partial charge in [0, 0.05) is 25.0 Å². The van der Waals surface area contributed by atoms with E-state index in [0.29, 0.717) is 32.0 Å². The number of alkyl halides is 3. The van der Waals surface area contributed by atoms with Crippen LogP contribution in [-0.2, 0) is 4.79 Å². The van der Waals surface area contributed by atoms with Gasteiger partial charge in [-0.25, -0.2) is 0 Å². The van der Waals surface area contributed by atoms with Gasteiger partial charge in [-0.15, -0.1) is 0 Å². The van der Waals surface area contributed by atoms with Crippen molar-refractivity contribution in [2.45, 2.75) is 57.7 Å². The van der Waals surface area contributed by atoms with E-state index in [2.05, 4.69) is 5.32 Å². The van der Waals surface area contributed by atoms with Crippen LogP contribution in [0.25, 0.3) is 0 Å². The Hall–Kier alpha value is -0.780. The lowest BCUT2D eigenvalue weighted by Crippen LogP contribution is -2.44. The fraction of sp³-hybridized carbons (Fsp3) is 0.933. The van der Waals surface area contributed by atoms with Crippen molar-refractivity contribution in [3.8, 4) is 0 Å². The molecule has 1 unspecified atom stereocenters. The van der Waals surface area contributed by atoms with Gasteiger partial charge in [0.25, 0.3) is 0 Å². The van der Waals surface area contributed by atoms with Crippen LogP contribution in [-0.4, -0.2) is 42.7 Å². The first kappa shape index (κ1) is 16.6. The standard InChI is InChI=1S/C15H25F3N2O/c1-2-20(10-13-4-3-9-19-13)14(21)11-5-7-12(8-6-11)15(16,17)18/h11-13,19H,2-10H2,1H3. The molecule has 6 heteroatoms. The van der Waals surface area contributed by atoms with Crippen molar-refractivity contribution in [2.24, 2.45) is 11.8 Å². The van der Waals surface area contributed by atoms with Gasteiger partial charge in [-0.3, -0.25) is 4.79 Å². The van der Waals surface area contributed by atoms with Crippen molar-refractivity contribution in [3.63, 3.8) is 0 Å². The minimum atomic E-state index is -4.10.